The van der Waals surface area contributed by atoms with Crippen molar-refractivity contribution in [3.05, 3.63) is 34.0 Å². The first-order valence-electron chi connectivity index (χ1n) is 7.00. The summed E-state index contributed by atoms with van der Waals surface area (Å²) in [6.45, 7) is 5.71. The Balaban J connectivity index is 1.72. The third kappa shape index (κ3) is 2.98. The van der Waals surface area contributed by atoms with Crippen LogP contribution >= 0.6 is 11.3 Å². The quantitative estimate of drug-likeness (QED) is 0.943. The topological polar surface area (TPSA) is 71.1 Å². The van der Waals surface area contributed by atoms with Gasteiger partial charge in [0.25, 0.3) is 5.91 Å². The number of hydrogen-bond acceptors (Lipinski definition) is 5. The molecule has 1 fully saturated rings. The van der Waals surface area contributed by atoms with Crippen LogP contribution in [0, 0.1) is 0 Å². The highest BCUT2D eigenvalue weighted by atomic mass is 32.1. The van der Waals surface area contributed by atoms with Crippen LogP contribution in [-0.2, 0) is 4.74 Å². The van der Waals surface area contributed by atoms with Gasteiger partial charge in [-0.25, -0.2) is 4.98 Å². The molecule has 21 heavy (non-hydrogen) atoms. The van der Waals surface area contributed by atoms with Crippen LogP contribution < -0.4 is 0 Å². The highest BCUT2D eigenvalue weighted by Crippen LogP contribution is 2.22. The van der Waals surface area contributed by atoms with Crippen molar-refractivity contribution in [2.45, 2.75) is 25.9 Å². The highest BCUT2D eigenvalue weighted by molar-refractivity contribution is 7.08. The van der Waals surface area contributed by atoms with Crippen LogP contribution in [0.25, 0.3) is 0 Å². The fraction of sp³-hybridized carbons (Fsp3) is 0.500. The van der Waals surface area contributed by atoms with E-state index in [9.17, 15) is 4.79 Å². The van der Waals surface area contributed by atoms with E-state index in [1.54, 1.807) is 0 Å². The van der Waals surface area contributed by atoms with Gasteiger partial charge in [-0.15, -0.1) is 0 Å². The van der Waals surface area contributed by atoms with Crippen molar-refractivity contribution >= 4 is 17.2 Å². The molecule has 2 aromatic rings. The van der Waals surface area contributed by atoms with Crippen LogP contribution in [0.3, 0.4) is 0 Å². The third-order valence-corrected chi connectivity index (χ3v) is 4.15. The molecular weight excluding hydrogens is 288 g/mol. The molecule has 0 aliphatic carbocycles. The van der Waals surface area contributed by atoms with Gasteiger partial charge < -0.3 is 9.64 Å². The van der Waals surface area contributed by atoms with Gasteiger partial charge in [0.15, 0.2) is 11.6 Å². The Labute approximate surface area is 127 Å². The molecule has 7 heteroatoms. The fourth-order valence-electron chi connectivity index (χ4n) is 2.26. The number of rotatable bonds is 3. The molecule has 2 aromatic heterocycles. The lowest BCUT2D eigenvalue weighted by Crippen LogP contribution is -2.42. The molecule has 3 rings (SSSR count). The minimum absolute atomic E-state index is 0.0492. The van der Waals surface area contributed by atoms with Gasteiger partial charge >= 0.3 is 0 Å². The second-order valence-corrected chi connectivity index (χ2v) is 6.14. The molecule has 1 saturated heterocycles. The second kappa shape index (κ2) is 5.95. The molecule has 6 nitrogen and oxygen atoms in total. The zero-order valence-corrected chi connectivity index (χ0v) is 12.9. The van der Waals surface area contributed by atoms with Crippen LogP contribution in [0.4, 0.5) is 0 Å². The Hall–Kier alpha value is -1.73. The second-order valence-electron chi connectivity index (χ2n) is 5.36. The number of carbonyl (C=O) groups is 1. The molecule has 1 aliphatic rings. The standard InChI is InChI=1S/C14H18N4O2S/c1-9(2)12-15-13(17-16-12)11-7-18(4-5-20-11)14(19)10-3-6-21-8-10/h3,6,8-9,11H,4-5,7H2,1-2H3,(H,15,16,17)/t11-/m1/s1. The van der Waals surface area contributed by atoms with Gasteiger partial charge in [-0.1, -0.05) is 13.8 Å². The van der Waals surface area contributed by atoms with E-state index in [0.717, 1.165) is 11.4 Å². The first-order chi connectivity index (χ1) is 10.1. The predicted molar refractivity (Wildman–Crippen MR) is 79.4 cm³/mol. The van der Waals surface area contributed by atoms with Crippen LogP contribution in [0.5, 0.6) is 0 Å². The van der Waals surface area contributed by atoms with Gasteiger partial charge in [0.2, 0.25) is 0 Å². The van der Waals surface area contributed by atoms with Gasteiger partial charge in [0.1, 0.15) is 6.10 Å². The fourth-order valence-corrected chi connectivity index (χ4v) is 2.89. The van der Waals surface area contributed by atoms with Crippen LogP contribution in [0.1, 0.15) is 47.9 Å². The molecular formula is C14H18N4O2S. The molecule has 1 N–H and O–H groups in total. The Bertz CT molecular complexity index is 608. The van der Waals surface area contributed by atoms with E-state index in [-0.39, 0.29) is 17.9 Å². The summed E-state index contributed by atoms with van der Waals surface area (Å²) in [5, 5.41) is 10.9. The number of carbonyl (C=O) groups excluding carboxylic acids is 1. The molecule has 112 valence electrons. The molecule has 0 radical (unpaired) electrons. The minimum atomic E-state index is -0.235. The summed E-state index contributed by atoms with van der Waals surface area (Å²) < 4.78 is 5.73. The lowest BCUT2D eigenvalue weighted by atomic mass is 10.2. The summed E-state index contributed by atoms with van der Waals surface area (Å²) in [4.78, 5) is 18.7. The Morgan fingerprint density at radius 1 is 1.57 bits per heavy atom. The summed E-state index contributed by atoms with van der Waals surface area (Å²) in [7, 11) is 0. The molecule has 1 atom stereocenters. The van der Waals surface area contributed by atoms with E-state index >= 15 is 0 Å². The van der Waals surface area contributed by atoms with Crippen molar-refractivity contribution < 1.29 is 9.53 Å². The van der Waals surface area contributed by atoms with E-state index in [4.69, 9.17) is 4.74 Å². The third-order valence-electron chi connectivity index (χ3n) is 3.46. The zero-order valence-electron chi connectivity index (χ0n) is 12.1. The number of ether oxygens (including phenoxy) is 1. The Morgan fingerprint density at radius 3 is 3.10 bits per heavy atom. The summed E-state index contributed by atoms with van der Waals surface area (Å²) in [6.07, 6.45) is -0.235. The molecule has 0 spiro atoms. The maximum absolute atomic E-state index is 12.4. The number of nitrogens with zero attached hydrogens (tertiary/aromatic N) is 3. The average molecular weight is 306 g/mol. The number of nitrogens with one attached hydrogen (secondary N) is 1. The molecule has 1 amide bonds. The Morgan fingerprint density at radius 2 is 2.43 bits per heavy atom. The number of aromatic amines is 1. The van der Waals surface area contributed by atoms with Crippen LogP contribution in [-0.4, -0.2) is 45.7 Å². The van der Waals surface area contributed by atoms with E-state index < -0.39 is 0 Å². The SMILES string of the molecule is CC(C)c1n[nH]c([C@H]2CN(C(=O)c3ccsc3)CCO2)n1. The van der Waals surface area contributed by atoms with Crippen molar-refractivity contribution in [1.29, 1.82) is 0 Å². The van der Waals surface area contributed by atoms with Crippen molar-refractivity contribution in [1.82, 2.24) is 20.1 Å². The van der Waals surface area contributed by atoms with Crippen LogP contribution in [0.2, 0.25) is 0 Å². The largest absolute Gasteiger partial charge is 0.367 e. The zero-order chi connectivity index (χ0) is 14.8. The van der Waals surface area contributed by atoms with E-state index in [2.05, 4.69) is 15.2 Å². The maximum atomic E-state index is 12.4. The number of aromatic nitrogens is 3. The van der Waals surface area contributed by atoms with Crippen molar-refractivity contribution in [3.8, 4) is 0 Å². The van der Waals surface area contributed by atoms with E-state index in [0.29, 0.717) is 25.5 Å². The Kier molecular flexibility index (Phi) is 4.03. The first-order valence-corrected chi connectivity index (χ1v) is 7.94. The van der Waals surface area contributed by atoms with Crippen molar-refractivity contribution in [2.75, 3.05) is 19.7 Å². The molecule has 3 heterocycles. The normalized spacial score (nSPS) is 19.2. The highest BCUT2D eigenvalue weighted by Gasteiger charge is 2.28. The lowest BCUT2D eigenvalue weighted by molar-refractivity contribution is -0.0266. The smallest absolute Gasteiger partial charge is 0.254 e. The number of thiophene rings is 1. The van der Waals surface area contributed by atoms with Gasteiger partial charge in [-0.05, 0) is 11.4 Å². The lowest BCUT2D eigenvalue weighted by Gasteiger charge is -2.31. The van der Waals surface area contributed by atoms with Gasteiger partial charge in [-0.3, -0.25) is 9.89 Å². The maximum Gasteiger partial charge on any atom is 0.254 e. The molecule has 0 aromatic carbocycles. The number of morpholine rings is 1. The molecule has 0 unspecified atom stereocenters. The van der Waals surface area contributed by atoms with E-state index in [1.807, 2.05) is 35.6 Å². The van der Waals surface area contributed by atoms with Gasteiger partial charge in [-0.2, -0.15) is 16.4 Å². The molecule has 0 saturated carbocycles. The van der Waals surface area contributed by atoms with Gasteiger partial charge in [0.05, 0.1) is 18.7 Å². The summed E-state index contributed by atoms with van der Waals surface area (Å²) >= 11 is 1.53. The summed E-state index contributed by atoms with van der Waals surface area (Å²) in [6, 6.07) is 1.85. The van der Waals surface area contributed by atoms with Crippen molar-refractivity contribution in [2.24, 2.45) is 0 Å². The minimum Gasteiger partial charge on any atom is -0.367 e. The summed E-state index contributed by atoms with van der Waals surface area (Å²) in [5.41, 5.74) is 0.737. The molecule has 0 bridgehead atoms. The van der Waals surface area contributed by atoms with Crippen LogP contribution in [0.15, 0.2) is 16.8 Å². The number of hydrogen-bond donors (Lipinski definition) is 1. The van der Waals surface area contributed by atoms with Gasteiger partial charge in [0, 0.05) is 17.8 Å². The number of H-pyrrole nitrogens is 1. The van der Waals surface area contributed by atoms with E-state index in [1.165, 1.54) is 11.3 Å². The average Bonchev–Trinajstić information content (AvgIpc) is 3.18. The monoisotopic (exact) mass is 306 g/mol. The first kappa shape index (κ1) is 14.2. The molecule has 1 aliphatic heterocycles. The number of amides is 1. The van der Waals surface area contributed by atoms with Crippen molar-refractivity contribution in [3.63, 3.8) is 0 Å². The predicted octanol–water partition coefficient (Wildman–Crippen LogP) is 2.20. The summed E-state index contributed by atoms with van der Waals surface area (Å²) in [5.74, 6) is 1.78.